The van der Waals surface area contributed by atoms with Gasteiger partial charge in [-0.15, -0.1) is 0 Å². The maximum Gasteiger partial charge on any atom is 0.339 e. The minimum Gasteiger partial charge on any atom is -0.452 e. The SMILES string of the molecule is NC(=O)NC(=O)COC(=O)c1ccccc1C(=O)c1ccccc1. The highest BCUT2D eigenvalue weighted by Crippen LogP contribution is 2.15. The van der Waals surface area contributed by atoms with Gasteiger partial charge < -0.3 is 10.5 Å². The molecule has 0 spiro atoms. The van der Waals surface area contributed by atoms with Crippen molar-refractivity contribution in [3.8, 4) is 0 Å². The van der Waals surface area contributed by atoms with E-state index in [1.165, 1.54) is 12.1 Å². The van der Waals surface area contributed by atoms with Gasteiger partial charge in [-0.05, 0) is 6.07 Å². The number of ether oxygens (including phenoxy) is 1. The Morgan fingerprint density at radius 1 is 0.875 bits per heavy atom. The van der Waals surface area contributed by atoms with Crippen LogP contribution in [-0.4, -0.2) is 30.3 Å². The molecule has 0 aliphatic heterocycles. The Labute approximate surface area is 137 Å². The Hall–Kier alpha value is -3.48. The van der Waals surface area contributed by atoms with Crippen LogP contribution in [0.2, 0.25) is 0 Å². The average molecular weight is 326 g/mol. The van der Waals surface area contributed by atoms with Crippen molar-refractivity contribution < 1.29 is 23.9 Å². The van der Waals surface area contributed by atoms with Crippen molar-refractivity contribution in [2.45, 2.75) is 0 Å². The van der Waals surface area contributed by atoms with Crippen LogP contribution in [0, 0.1) is 0 Å². The number of amides is 3. The van der Waals surface area contributed by atoms with Gasteiger partial charge in [0.1, 0.15) is 0 Å². The quantitative estimate of drug-likeness (QED) is 0.634. The molecule has 3 N–H and O–H groups in total. The van der Waals surface area contributed by atoms with Crippen LogP contribution in [0.25, 0.3) is 0 Å². The fraction of sp³-hybridized carbons (Fsp3) is 0.0588. The topological polar surface area (TPSA) is 116 Å². The summed E-state index contributed by atoms with van der Waals surface area (Å²) in [5.74, 6) is -2.05. The van der Waals surface area contributed by atoms with Crippen LogP contribution in [0.1, 0.15) is 26.3 Å². The number of esters is 1. The van der Waals surface area contributed by atoms with Gasteiger partial charge in [-0.25, -0.2) is 9.59 Å². The zero-order valence-corrected chi connectivity index (χ0v) is 12.5. The number of hydrogen-bond donors (Lipinski definition) is 2. The Kier molecular flexibility index (Phi) is 5.40. The van der Waals surface area contributed by atoms with Gasteiger partial charge >= 0.3 is 12.0 Å². The van der Waals surface area contributed by atoms with Crippen LogP contribution in [-0.2, 0) is 9.53 Å². The number of urea groups is 1. The monoisotopic (exact) mass is 326 g/mol. The first-order valence-corrected chi connectivity index (χ1v) is 6.94. The van der Waals surface area contributed by atoms with E-state index in [4.69, 9.17) is 10.5 Å². The summed E-state index contributed by atoms with van der Waals surface area (Å²) in [5, 5.41) is 1.77. The molecular formula is C17H14N2O5. The van der Waals surface area contributed by atoms with Crippen LogP contribution in [0.5, 0.6) is 0 Å². The summed E-state index contributed by atoms with van der Waals surface area (Å²) in [4.78, 5) is 46.4. The Morgan fingerprint density at radius 2 is 1.46 bits per heavy atom. The third-order valence-electron chi connectivity index (χ3n) is 3.02. The molecule has 2 aromatic carbocycles. The number of hydrogen-bond acceptors (Lipinski definition) is 5. The van der Waals surface area contributed by atoms with Crippen molar-refractivity contribution in [2.24, 2.45) is 5.73 Å². The maximum absolute atomic E-state index is 12.5. The van der Waals surface area contributed by atoms with Crippen LogP contribution >= 0.6 is 0 Å². The lowest BCUT2D eigenvalue weighted by molar-refractivity contribution is -0.123. The summed E-state index contributed by atoms with van der Waals surface area (Å²) >= 11 is 0. The second-order valence-electron chi connectivity index (χ2n) is 4.73. The third kappa shape index (κ3) is 4.26. The van der Waals surface area contributed by atoms with Crippen molar-refractivity contribution in [3.63, 3.8) is 0 Å². The lowest BCUT2D eigenvalue weighted by Gasteiger charge is -2.09. The molecule has 24 heavy (non-hydrogen) atoms. The van der Waals surface area contributed by atoms with E-state index in [2.05, 4.69) is 0 Å². The van der Waals surface area contributed by atoms with E-state index in [0.717, 1.165) is 0 Å². The second-order valence-corrected chi connectivity index (χ2v) is 4.73. The molecule has 0 aliphatic carbocycles. The Balaban J connectivity index is 2.16. The molecule has 0 radical (unpaired) electrons. The molecule has 2 rings (SSSR count). The predicted octanol–water partition coefficient (Wildman–Crippen LogP) is 1.27. The highest BCUT2D eigenvalue weighted by Gasteiger charge is 2.19. The number of nitrogens with one attached hydrogen (secondary N) is 1. The molecule has 0 aliphatic rings. The Bertz CT molecular complexity index is 787. The standard InChI is InChI=1S/C17H14N2O5/c18-17(23)19-14(20)10-24-16(22)13-9-5-4-8-12(13)15(21)11-6-2-1-3-7-11/h1-9H,10H2,(H3,18,19,20,23). The van der Waals surface area contributed by atoms with Gasteiger partial charge in [0.05, 0.1) is 5.56 Å². The summed E-state index contributed by atoms with van der Waals surface area (Å²) in [6.45, 7) is -0.685. The van der Waals surface area contributed by atoms with Crippen molar-refractivity contribution in [1.29, 1.82) is 0 Å². The Morgan fingerprint density at radius 3 is 2.08 bits per heavy atom. The van der Waals surface area contributed by atoms with Crippen molar-refractivity contribution in [3.05, 3.63) is 71.3 Å². The van der Waals surface area contributed by atoms with Gasteiger partial charge in [-0.1, -0.05) is 48.5 Å². The van der Waals surface area contributed by atoms with Crippen LogP contribution in [0.15, 0.2) is 54.6 Å². The second kappa shape index (κ2) is 7.68. The minimum absolute atomic E-state index is 0.0261. The van der Waals surface area contributed by atoms with E-state index in [9.17, 15) is 19.2 Å². The predicted molar refractivity (Wildman–Crippen MR) is 84.3 cm³/mol. The number of imide groups is 1. The smallest absolute Gasteiger partial charge is 0.339 e. The molecule has 0 atom stereocenters. The zero-order chi connectivity index (χ0) is 17.5. The minimum atomic E-state index is -1.05. The lowest BCUT2D eigenvalue weighted by Crippen LogP contribution is -2.37. The largest absolute Gasteiger partial charge is 0.452 e. The van der Waals surface area contributed by atoms with Crippen LogP contribution in [0.4, 0.5) is 4.79 Å². The summed E-state index contributed by atoms with van der Waals surface area (Å²) in [6.07, 6.45) is 0. The van der Waals surface area contributed by atoms with Gasteiger partial charge in [-0.2, -0.15) is 0 Å². The molecule has 0 heterocycles. The molecule has 0 unspecified atom stereocenters. The van der Waals surface area contributed by atoms with Crippen molar-refractivity contribution in [2.75, 3.05) is 6.61 Å². The molecule has 0 fully saturated rings. The molecule has 0 bridgehead atoms. The first-order chi connectivity index (χ1) is 11.5. The molecule has 122 valence electrons. The summed E-state index contributed by atoms with van der Waals surface area (Å²) < 4.78 is 4.81. The number of benzene rings is 2. The average Bonchev–Trinajstić information content (AvgIpc) is 2.59. The molecule has 7 nitrogen and oxygen atoms in total. The molecule has 0 saturated heterocycles. The van der Waals surface area contributed by atoms with E-state index >= 15 is 0 Å². The van der Waals surface area contributed by atoms with E-state index in [1.54, 1.807) is 47.8 Å². The first kappa shape index (κ1) is 16.9. The number of ketones is 1. The van der Waals surface area contributed by atoms with Gasteiger partial charge in [0.2, 0.25) is 0 Å². The summed E-state index contributed by atoms with van der Waals surface area (Å²) in [5.41, 5.74) is 5.39. The van der Waals surface area contributed by atoms with Gasteiger partial charge in [0, 0.05) is 11.1 Å². The van der Waals surface area contributed by atoms with Gasteiger partial charge in [0.25, 0.3) is 5.91 Å². The fourth-order valence-corrected chi connectivity index (χ4v) is 1.99. The van der Waals surface area contributed by atoms with E-state index in [-0.39, 0.29) is 16.9 Å². The first-order valence-electron chi connectivity index (χ1n) is 6.94. The third-order valence-corrected chi connectivity index (χ3v) is 3.02. The summed E-state index contributed by atoms with van der Waals surface area (Å²) in [6, 6.07) is 13.5. The molecule has 3 amide bonds. The molecule has 7 heteroatoms. The molecule has 0 aromatic heterocycles. The van der Waals surface area contributed by atoms with E-state index in [1.807, 2.05) is 0 Å². The zero-order valence-electron chi connectivity index (χ0n) is 12.5. The number of carbonyl (C=O) groups is 4. The van der Waals surface area contributed by atoms with E-state index in [0.29, 0.717) is 5.56 Å². The number of primary amides is 1. The van der Waals surface area contributed by atoms with Gasteiger partial charge in [0.15, 0.2) is 12.4 Å². The van der Waals surface area contributed by atoms with Gasteiger partial charge in [-0.3, -0.25) is 14.9 Å². The van der Waals surface area contributed by atoms with Crippen molar-refractivity contribution in [1.82, 2.24) is 5.32 Å². The number of nitrogens with two attached hydrogens (primary N) is 1. The normalized spacial score (nSPS) is 9.83. The van der Waals surface area contributed by atoms with E-state index < -0.39 is 24.5 Å². The fourth-order valence-electron chi connectivity index (χ4n) is 1.99. The maximum atomic E-state index is 12.5. The van der Waals surface area contributed by atoms with Crippen LogP contribution < -0.4 is 11.1 Å². The van der Waals surface area contributed by atoms with Crippen LogP contribution in [0.3, 0.4) is 0 Å². The highest BCUT2D eigenvalue weighted by atomic mass is 16.5. The number of carbonyl (C=O) groups excluding carboxylic acids is 4. The highest BCUT2D eigenvalue weighted by molar-refractivity contribution is 6.14. The molecular weight excluding hydrogens is 312 g/mol. The molecule has 2 aromatic rings. The lowest BCUT2D eigenvalue weighted by atomic mass is 9.98. The molecule has 0 saturated carbocycles. The summed E-state index contributed by atoms with van der Waals surface area (Å²) in [7, 11) is 0. The number of rotatable bonds is 5. The van der Waals surface area contributed by atoms with Crippen molar-refractivity contribution >= 4 is 23.7 Å².